The number of para-hydroxylation sites is 1. The van der Waals surface area contributed by atoms with Crippen LogP contribution in [0.2, 0.25) is 0 Å². The Morgan fingerprint density at radius 1 is 0.872 bits per heavy atom. The zero-order valence-electron chi connectivity index (χ0n) is 21.6. The van der Waals surface area contributed by atoms with Gasteiger partial charge in [-0.05, 0) is 30.4 Å². The van der Waals surface area contributed by atoms with Crippen LogP contribution in [0.15, 0.2) is 30.5 Å². The third kappa shape index (κ3) is 9.41. The molecule has 0 saturated carbocycles. The summed E-state index contributed by atoms with van der Waals surface area (Å²) in [6, 6.07) is 1.86. The molecule has 0 aliphatic rings. The first kappa shape index (κ1) is 30.8. The summed E-state index contributed by atoms with van der Waals surface area (Å²) in [7, 11) is 0. The quantitative estimate of drug-likeness (QED) is 0.136. The average molecular weight is 547 g/mol. The highest BCUT2D eigenvalue weighted by molar-refractivity contribution is 5.96. The lowest BCUT2D eigenvalue weighted by atomic mass is 10.0. The SMILES string of the molecule is CC(C)CC(NC(=O)C(N)Cc1c[nH]c2ccccc12)C(=O)NC(CC(=O)O)C(=O)NC(CC(N)=O)C(=O)O. The van der Waals surface area contributed by atoms with Crippen molar-refractivity contribution in [3.8, 4) is 0 Å². The number of carbonyl (C=O) groups is 6. The van der Waals surface area contributed by atoms with E-state index in [9.17, 15) is 39.0 Å². The monoisotopic (exact) mass is 546 g/mol. The molecule has 2 aromatic rings. The Bertz CT molecular complexity index is 1230. The molecule has 1 aromatic heterocycles. The second kappa shape index (κ2) is 13.9. The van der Waals surface area contributed by atoms with E-state index in [1.807, 2.05) is 29.6 Å². The Hall–Kier alpha value is -4.46. The lowest BCUT2D eigenvalue weighted by molar-refractivity contribution is -0.144. The first-order valence-corrected chi connectivity index (χ1v) is 12.2. The Balaban J connectivity index is 2.14. The van der Waals surface area contributed by atoms with Crippen LogP contribution in [0, 0.1) is 5.92 Å². The van der Waals surface area contributed by atoms with Gasteiger partial charge in [0.25, 0.3) is 0 Å². The number of aliphatic carboxylic acids is 2. The van der Waals surface area contributed by atoms with Crippen molar-refractivity contribution in [1.82, 2.24) is 20.9 Å². The number of rotatable bonds is 15. The Morgan fingerprint density at radius 2 is 1.46 bits per heavy atom. The topological polar surface area (TPSA) is 247 Å². The van der Waals surface area contributed by atoms with Crippen LogP contribution in [-0.4, -0.2) is 74.9 Å². The van der Waals surface area contributed by atoms with Crippen LogP contribution in [-0.2, 0) is 35.2 Å². The minimum absolute atomic E-state index is 0.0930. The normalized spacial score (nSPS) is 14.2. The van der Waals surface area contributed by atoms with Gasteiger partial charge >= 0.3 is 11.9 Å². The van der Waals surface area contributed by atoms with Crippen LogP contribution >= 0.6 is 0 Å². The molecule has 14 nitrogen and oxygen atoms in total. The summed E-state index contributed by atoms with van der Waals surface area (Å²) < 4.78 is 0. The molecule has 39 heavy (non-hydrogen) atoms. The average Bonchev–Trinajstić information content (AvgIpc) is 3.24. The van der Waals surface area contributed by atoms with Crippen molar-refractivity contribution in [3.05, 3.63) is 36.0 Å². The van der Waals surface area contributed by atoms with Crippen LogP contribution in [0.25, 0.3) is 10.9 Å². The Labute approximate surface area is 223 Å². The molecule has 0 radical (unpaired) electrons. The number of nitrogens with one attached hydrogen (secondary N) is 4. The van der Waals surface area contributed by atoms with Crippen molar-refractivity contribution in [2.75, 3.05) is 0 Å². The molecule has 4 atom stereocenters. The van der Waals surface area contributed by atoms with E-state index in [1.54, 1.807) is 20.0 Å². The van der Waals surface area contributed by atoms with Crippen LogP contribution in [0.3, 0.4) is 0 Å². The molecule has 4 unspecified atom stereocenters. The molecular formula is C25H34N6O8. The molecule has 212 valence electrons. The van der Waals surface area contributed by atoms with E-state index >= 15 is 0 Å². The number of H-pyrrole nitrogens is 1. The molecule has 0 fully saturated rings. The number of carboxylic acids is 2. The standard InChI is InChI=1S/C25H34N6O8/c1-12(2)7-17(29-22(35)15(26)8-13-11-28-16-6-4-3-5-14(13)16)23(36)30-18(10-21(33)34)24(37)31-19(25(38)39)9-20(27)32/h3-6,11-12,15,17-19,28H,7-10,26H2,1-2H3,(H2,27,32)(H,29,35)(H,30,36)(H,31,37)(H,33,34)(H,38,39). The van der Waals surface area contributed by atoms with Gasteiger partial charge in [-0.3, -0.25) is 24.0 Å². The highest BCUT2D eigenvalue weighted by Crippen LogP contribution is 2.19. The van der Waals surface area contributed by atoms with Crippen LogP contribution in [0.4, 0.5) is 0 Å². The van der Waals surface area contributed by atoms with E-state index in [0.29, 0.717) is 0 Å². The van der Waals surface area contributed by atoms with Gasteiger partial charge in [-0.15, -0.1) is 0 Å². The number of aromatic amines is 1. The third-order valence-electron chi connectivity index (χ3n) is 5.82. The molecule has 4 amide bonds. The van der Waals surface area contributed by atoms with Gasteiger partial charge in [-0.2, -0.15) is 0 Å². The van der Waals surface area contributed by atoms with E-state index in [1.165, 1.54) is 0 Å². The van der Waals surface area contributed by atoms with Gasteiger partial charge in [0.05, 0.1) is 18.9 Å². The fourth-order valence-electron chi connectivity index (χ4n) is 3.94. The fraction of sp³-hybridized carbons (Fsp3) is 0.440. The van der Waals surface area contributed by atoms with Crippen molar-refractivity contribution in [3.63, 3.8) is 0 Å². The van der Waals surface area contributed by atoms with E-state index in [0.717, 1.165) is 16.5 Å². The molecule has 1 aromatic carbocycles. The van der Waals surface area contributed by atoms with Gasteiger partial charge in [-0.1, -0.05) is 32.0 Å². The number of hydrogen-bond acceptors (Lipinski definition) is 7. The van der Waals surface area contributed by atoms with Gasteiger partial charge in [0.1, 0.15) is 18.1 Å². The number of carbonyl (C=O) groups excluding carboxylic acids is 4. The number of aromatic nitrogens is 1. The highest BCUT2D eigenvalue weighted by atomic mass is 16.4. The predicted molar refractivity (Wildman–Crippen MR) is 139 cm³/mol. The molecule has 1 heterocycles. The summed E-state index contributed by atoms with van der Waals surface area (Å²) in [4.78, 5) is 75.6. The number of primary amides is 1. The van der Waals surface area contributed by atoms with Crippen molar-refractivity contribution >= 4 is 46.5 Å². The summed E-state index contributed by atoms with van der Waals surface area (Å²) in [5.41, 5.74) is 12.8. The van der Waals surface area contributed by atoms with E-state index in [-0.39, 0.29) is 18.8 Å². The zero-order valence-corrected chi connectivity index (χ0v) is 21.6. The van der Waals surface area contributed by atoms with Gasteiger partial charge in [0, 0.05) is 17.1 Å². The van der Waals surface area contributed by atoms with Crippen molar-refractivity contribution in [1.29, 1.82) is 0 Å². The number of carboxylic acid groups (broad SMARTS) is 2. The van der Waals surface area contributed by atoms with E-state index < -0.39 is 72.6 Å². The maximum absolute atomic E-state index is 13.1. The van der Waals surface area contributed by atoms with Crippen molar-refractivity contribution < 1.29 is 39.0 Å². The molecule has 0 spiro atoms. The molecule has 14 heteroatoms. The van der Waals surface area contributed by atoms with Crippen molar-refractivity contribution in [2.45, 2.75) is 63.7 Å². The summed E-state index contributed by atoms with van der Waals surface area (Å²) >= 11 is 0. The molecule has 0 saturated heterocycles. The second-order valence-corrected chi connectivity index (χ2v) is 9.59. The van der Waals surface area contributed by atoms with Crippen molar-refractivity contribution in [2.24, 2.45) is 17.4 Å². The molecular weight excluding hydrogens is 512 g/mol. The van der Waals surface area contributed by atoms with E-state index in [4.69, 9.17) is 11.5 Å². The maximum atomic E-state index is 13.1. The number of nitrogens with two attached hydrogens (primary N) is 2. The number of fused-ring (bicyclic) bond motifs is 1. The van der Waals surface area contributed by atoms with Crippen LogP contribution in [0.1, 0.15) is 38.7 Å². The summed E-state index contributed by atoms with van der Waals surface area (Å²) in [6.45, 7) is 3.59. The first-order valence-electron chi connectivity index (χ1n) is 12.2. The molecule has 0 aliphatic carbocycles. The largest absolute Gasteiger partial charge is 0.481 e. The molecule has 10 N–H and O–H groups in total. The molecule has 0 bridgehead atoms. The first-order chi connectivity index (χ1) is 18.3. The smallest absolute Gasteiger partial charge is 0.326 e. The zero-order chi connectivity index (χ0) is 29.3. The minimum Gasteiger partial charge on any atom is -0.481 e. The molecule has 0 aliphatic heterocycles. The minimum atomic E-state index is -1.73. The lowest BCUT2D eigenvalue weighted by Gasteiger charge is -2.25. The lowest BCUT2D eigenvalue weighted by Crippen LogP contribution is -2.58. The third-order valence-corrected chi connectivity index (χ3v) is 5.82. The van der Waals surface area contributed by atoms with Gasteiger partial charge in [0.15, 0.2) is 0 Å². The number of amides is 4. The predicted octanol–water partition coefficient (Wildman–Crippen LogP) is -1.03. The van der Waals surface area contributed by atoms with Crippen LogP contribution < -0.4 is 27.4 Å². The second-order valence-electron chi connectivity index (χ2n) is 9.59. The highest BCUT2D eigenvalue weighted by Gasteiger charge is 2.32. The van der Waals surface area contributed by atoms with Gasteiger partial charge in [-0.25, -0.2) is 4.79 Å². The van der Waals surface area contributed by atoms with E-state index in [2.05, 4.69) is 15.6 Å². The van der Waals surface area contributed by atoms with Gasteiger partial charge in [0.2, 0.25) is 23.6 Å². The fourth-order valence-corrected chi connectivity index (χ4v) is 3.94. The summed E-state index contributed by atoms with van der Waals surface area (Å²) in [5, 5.41) is 26.2. The van der Waals surface area contributed by atoms with Gasteiger partial charge < -0.3 is 42.6 Å². The number of benzene rings is 1. The summed E-state index contributed by atoms with van der Waals surface area (Å²) in [5.74, 6) is -6.77. The Morgan fingerprint density at radius 3 is 2.05 bits per heavy atom. The maximum Gasteiger partial charge on any atom is 0.326 e. The Kier molecular flexibility index (Phi) is 11.0. The van der Waals surface area contributed by atoms with Crippen LogP contribution in [0.5, 0.6) is 0 Å². The molecule has 2 rings (SSSR count). The number of hydrogen-bond donors (Lipinski definition) is 8. The summed E-state index contributed by atoms with van der Waals surface area (Å²) in [6.07, 6.45) is 0.427.